The highest BCUT2D eigenvalue weighted by atomic mass is 15.1. The van der Waals surface area contributed by atoms with E-state index in [0.717, 1.165) is 12.5 Å². The Morgan fingerprint density at radius 2 is 2.21 bits per heavy atom. The molecule has 0 saturated carbocycles. The molecule has 1 saturated heterocycles. The van der Waals surface area contributed by atoms with E-state index in [2.05, 4.69) is 29.6 Å². The topological polar surface area (TPSA) is 27.3 Å². The van der Waals surface area contributed by atoms with E-state index in [4.69, 9.17) is 0 Å². The summed E-state index contributed by atoms with van der Waals surface area (Å²) in [5.41, 5.74) is 0. The summed E-state index contributed by atoms with van der Waals surface area (Å²) in [6.07, 6.45) is 3.99. The van der Waals surface area contributed by atoms with Gasteiger partial charge in [0.25, 0.3) is 0 Å². The third-order valence-corrected chi connectivity index (χ3v) is 3.31. The van der Waals surface area contributed by atoms with E-state index in [1.165, 1.54) is 32.4 Å². The second kappa shape index (κ2) is 6.38. The van der Waals surface area contributed by atoms with Crippen LogP contribution in [0.3, 0.4) is 0 Å². The molecule has 0 bridgehead atoms. The van der Waals surface area contributed by atoms with Crippen LogP contribution in [0.4, 0.5) is 0 Å². The fraction of sp³-hybridized carbons (Fsp3) is 1.00. The first kappa shape index (κ1) is 12.0. The number of nitrogens with one attached hydrogen (secondary N) is 2. The second-order valence-electron chi connectivity index (χ2n) is 4.45. The van der Waals surface area contributed by atoms with Crippen LogP contribution in [0.15, 0.2) is 0 Å². The van der Waals surface area contributed by atoms with Crippen LogP contribution in [0.1, 0.15) is 19.3 Å². The molecule has 0 radical (unpaired) electrons. The van der Waals surface area contributed by atoms with Crippen LogP contribution in [0.25, 0.3) is 0 Å². The van der Waals surface area contributed by atoms with Crippen LogP contribution in [0.2, 0.25) is 0 Å². The molecule has 2 N–H and O–H groups in total. The fourth-order valence-corrected chi connectivity index (χ4v) is 2.45. The normalized spacial score (nSPS) is 26.4. The summed E-state index contributed by atoms with van der Waals surface area (Å²) < 4.78 is 0. The molecule has 14 heavy (non-hydrogen) atoms. The number of rotatable bonds is 5. The lowest BCUT2D eigenvalue weighted by Crippen LogP contribution is -2.44. The van der Waals surface area contributed by atoms with E-state index in [1.54, 1.807) is 0 Å². The smallest absolute Gasteiger partial charge is 0.0117 e. The molecule has 0 aromatic rings. The van der Waals surface area contributed by atoms with Gasteiger partial charge >= 0.3 is 0 Å². The van der Waals surface area contributed by atoms with E-state index < -0.39 is 0 Å². The van der Waals surface area contributed by atoms with Gasteiger partial charge in [-0.05, 0) is 59.4 Å². The third kappa shape index (κ3) is 3.56. The molecule has 1 rings (SSSR count). The lowest BCUT2D eigenvalue weighted by molar-refractivity contribution is 0.172. The Labute approximate surface area is 88.2 Å². The molecule has 1 aliphatic rings. The molecule has 2 atom stereocenters. The fourth-order valence-electron chi connectivity index (χ4n) is 2.45. The molecule has 3 nitrogen and oxygen atoms in total. The molecule has 0 aromatic heterocycles. The first-order valence-electron chi connectivity index (χ1n) is 5.78. The Bertz CT molecular complexity index is 149. The first-order chi connectivity index (χ1) is 6.77. The molecular formula is C11H25N3. The molecule has 2 unspecified atom stereocenters. The van der Waals surface area contributed by atoms with Crippen molar-refractivity contribution in [2.24, 2.45) is 5.92 Å². The second-order valence-corrected chi connectivity index (χ2v) is 4.45. The predicted molar refractivity (Wildman–Crippen MR) is 61.6 cm³/mol. The maximum absolute atomic E-state index is 3.46. The highest BCUT2D eigenvalue weighted by molar-refractivity contribution is 4.81. The van der Waals surface area contributed by atoms with E-state index in [9.17, 15) is 0 Å². The molecule has 1 fully saturated rings. The lowest BCUT2D eigenvalue weighted by atomic mass is 9.89. The van der Waals surface area contributed by atoms with Crippen LogP contribution in [-0.2, 0) is 0 Å². The molecule has 3 heteroatoms. The van der Waals surface area contributed by atoms with Crippen LogP contribution >= 0.6 is 0 Å². The van der Waals surface area contributed by atoms with Crippen molar-refractivity contribution in [2.45, 2.75) is 25.3 Å². The Kier molecular flexibility index (Phi) is 5.45. The predicted octanol–water partition coefficient (Wildman–Crippen LogP) is 0.526. The SMILES string of the molecule is CNCCC(NC)C1CCCN(C)C1. The van der Waals surface area contributed by atoms with Crippen molar-refractivity contribution >= 4 is 0 Å². The van der Waals surface area contributed by atoms with E-state index in [-0.39, 0.29) is 0 Å². The van der Waals surface area contributed by atoms with Gasteiger partial charge in [0.15, 0.2) is 0 Å². The highest BCUT2D eigenvalue weighted by Crippen LogP contribution is 2.20. The van der Waals surface area contributed by atoms with Gasteiger partial charge < -0.3 is 15.5 Å². The first-order valence-corrected chi connectivity index (χ1v) is 5.78. The summed E-state index contributed by atoms with van der Waals surface area (Å²) in [7, 11) is 6.35. The van der Waals surface area contributed by atoms with Crippen LogP contribution in [0, 0.1) is 5.92 Å². The van der Waals surface area contributed by atoms with Crippen molar-refractivity contribution in [3.05, 3.63) is 0 Å². The third-order valence-electron chi connectivity index (χ3n) is 3.31. The zero-order valence-corrected chi connectivity index (χ0v) is 9.84. The van der Waals surface area contributed by atoms with Crippen molar-refractivity contribution in [1.82, 2.24) is 15.5 Å². The maximum atomic E-state index is 3.46. The number of piperidine rings is 1. The summed E-state index contributed by atoms with van der Waals surface area (Å²) in [4.78, 5) is 2.46. The molecule has 1 heterocycles. The molecule has 1 aliphatic heterocycles. The molecule has 0 spiro atoms. The van der Waals surface area contributed by atoms with Crippen LogP contribution in [-0.4, -0.2) is 51.7 Å². The minimum absolute atomic E-state index is 0.685. The Morgan fingerprint density at radius 1 is 1.43 bits per heavy atom. The average molecular weight is 199 g/mol. The summed E-state index contributed by atoms with van der Waals surface area (Å²) in [5.74, 6) is 0.840. The Hall–Kier alpha value is -0.120. The van der Waals surface area contributed by atoms with Gasteiger partial charge in [-0.3, -0.25) is 0 Å². The molecular weight excluding hydrogens is 174 g/mol. The standard InChI is InChI=1S/C11H25N3/c1-12-7-6-11(13-2)10-5-4-8-14(3)9-10/h10-13H,4-9H2,1-3H3. The summed E-state index contributed by atoms with van der Waals surface area (Å²) in [5, 5.41) is 6.69. The minimum atomic E-state index is 0.685. The molecule has 0 aliphatic carbocycles. The van der Waals surface area contributed by atoms with Crippen molar-refractivity contribution in [3.63, 3.8) is 0 Å². The van der Waals surface area contributed by atoms with Crippen molar-refractivity contribution in [2.75, 3.05) is 40.8 Å². The quantitative estimate of drug-likeness (QED) is 0.676. The maximum Gasteiger partial charge on any atom is 0.0117 e. The van der Waals surface area contributed by atoms with Gasteiger partial charge in [0.05, 0.1) is 0 Å². The summed E-state index contributed by atoms with van der Waals surface area (Å²) >= 11 is 0. The zero-order chi connectivity index (χ0) is 10.4. The van der Waals surface area contributed by atoms with Crippen molar-refractivity contribution in [1.29, 1.82) is 0 Å². The van der Waals surface area contributed by atoms with E-state index >= 15 is 0 Å². The van der Waals surface area contributed by atoms with Crippen LogP contribution < -0.4 is 10.6 Å². The van der Waals surface area contributed by atoms with Crippen molar-refractivity contribution < 1.29 is 0 Å². The number of nitrogens with zero attached hydrogens (tertiary/aromatic N) is 1. The number of hydrogen-bond acceptors (Lipinski definition) is 3. The highest BCUT2D eigenvalue weighted by Gasteiger charge is 2.23. The molecule has 84 valence electrons. The van der Waals surface area contributed by atoms with E-state index in [0.29, 0.717) is 6.04 Å². The summed E-state index contributed by atoms with van der Waals surface area (Å²) in [6, 6.07) is 0.685. The van der Waals surface area contributed by atoms with Gasteiger partial charge in [-0.25, -0.2) is 0 Å². The van der Waals surface area contributed by atoms with Gasteiger partial charge in [-0.1, -0.05) is 0 Å². The number of likely N-dealkylation sites (tertiary alicyclic amines) is 1. The Morgan fingerprint density at radius 3 is 2.79 bits per heavy atom. The van der Waals surface area contributed by atoms with Crippen molar-refractivity contribution in [3.8, 4) is 0 Å². The monoisotopic (exact) mass is 199 g/mol. The van der Waals surface area contributed by atoms with Gasteiger partial charge in [0.2, 0.25) is 0 Å². The largest absolute Gasteiger partial charge is 0.320 e. The number of hydrogen-bond donors (Lipinski definition) is 2. The molecule has 0 aromatic carbocycles. The average Bonchev–Trinajstić information content (AvgIpc) is 2.19. The van der Waals surface area contributed by atoms with Gasteiger partial charge in [0.1, 0.15) is 0 Å². The van der Waals surface area contributed by atoms with Gasteiger partial charge in [-0.15, -0.1) is 0 Å². The lowest BCUT2D eigenvalue weighted by Gasteiger charge is -2.35. The molecule has 0 amide bonds. The van der Waals surface area contributed by atoms with Crippen LogP contribution in [0.5, 0.6) is 0 Å². The van der Waals surface area contributed by atoms with Gasteiger partial charge in [-0.2, -0.15) is 0 Å². The zero-order valence-electron chi connectivity index (χ0n) is 9.84. The Balaban J connectivity index is 2.34. The van der Waals surface area contributed by atoms with Gasteiger partial charge in [0, 0.05) is 12.6 Å². The minimum Gasteiger partial charge on any atom is -0.320 e. The van der Waals surface area contributed by atoms with E-state index in [1.807, 2.05) is 7.05 Å². The summed E-state index contributed by atoms with van der Waals surface area (Å²) in [6.45, 7) is 3.65.